The Kier molecular flexibility index (Phi) is 9.76. The summed E-state index contributed by atoms with van der Waals surface area (Å²) in [6, 6.07) is 23.1. The van der Waals surface area contributed by atoms with Crippen molar-refractivity contribution in [3.8, 4) is 6.07 Å². The summed E-state index contributed by atoms with van der Waals surface area (Å²) in [5, 5.41) is 11.4. The number of benzene rings is 2. The van der Waals surface area contributed by atoms with E-state index in [1.54, 1.807) is 17.2 Å². The van der Waals surface area contributed by atoms with Crippen molar-refractivity contribution in [3.05, 3.63) is 89.6 Å². The lowest BCUT2D eigenvalue weighted by Crippen LogP contribution is -2.53. The van der Waals surface area contributed by atoms with Crippen molar-refractivity contribution < 1.29 is 9.59 Å². The molecule has 2 aromatic carbocycles. The average Bonchev–Trinajstić information content (AvgIpc) is 2.92. The molecule has 2 unspecified atom stereocenters. The first-order valence-electron chi connectivity index (χ1n) is 12.3. The summed E-state index contributed by atoms with van der Waals surface area (Å²) in [5.41, 5.74) is 9.24. The third-order valence-electron chi connectivity index (χ3n) is 6.32. The average molecular weight is 499 g/mol. The maximum atomic E-state index is 12.1. The molecule has 1 aliphatic heterocycles. The number of pyridine rings is 1. The minimum absolute atomic E-state index is 0.0957. The van der Waals surface area contributed by atoms with Crippen LogP contribution in [0.4, 0.5) is 11.5 Å². The molecule has 8 nitrogen and oxygen atoms in total. The first-order chi connectivity index (χ1) is 17.8. The monoisotopic (exact) mass is 498 g/mol. The molecule has 1 aromatic heterocycles. The fraction of sp³-hybridized carbons (Fsp3) is 0.310. The van der Waals surface area contributed by atoms with Gasteiger partial charge < -0.3 is 20.9 Å². The largest absolute Gasteiger partial charge is 0.356 e. The van der Waals surface area contributed by atoms with Crippen molar-refractivity contribution in [1.29, 1.82) is 5.26 Å². The second-order valence-corrected chi connectivity index (χ2v) is 9.23. The van der Waals surface area contributed by atoms with Crippen LogP contribution in [0.3, 0.4) is 0 Å². The van der Waals surface area contributed by atoms with E-state index >= 15 is 0 Å². The zero-order valence-electron chi connectivity index (χ0n) is 21.6. The molecule has 8 heteroatoms. The van der Waals surface area contributed by atoms with Gasteiger partial charge in [-0.3, -0.25) is 9.59 Å². The SMILES string of the molecule is CC(CN)c1ccc(C#N)cc1.CC1CN(C)C(=O)CN1c1ccc(NC(=O)Cc2ccccc2)nc1. The van der Waals surface area contributed by atoms with Gasteiger partial charge in [0.1, 0.15) is 5.82 Å². The Bertz CT molecular complexity index is 1210. The van der Waals surface area contributed by atoms with Crippen molar-refractivity contribution in [2.24, 2.45) is 5.73 Å². The second-order valence-electron chi connectivity index (χ2n) is 9.23. The summed E-state index contributed by atoms with van der Waals surface area (Å²) in [6.07, 6.45) is 2.02. The van der Waals surface area contributed by atoms with Crippen molar-refractivity contribution >= 4 is 23.3 Å². The number of likely N-dealkylation sites (N-methyl/N-ethyl adjacent to an activating group) is 1. The van der Waals surface area contributed by atoms with Gasteiger partial charge in [0.25, 0.3) is 0 Å². The number of amides is 2. The molecule has 1 saturated heterocycles. The van der Waals surface area contributed by atoms with E-state index in [-0.39, 0.29) is 17.9 Å². The van der Waals surface area contributed by atoms with Crippen LogP contribution in [0.2, 0.25) is 0 Å². The summed E-state index contributed by atoms with van der Waals surface area (Å²) in [5.74, 6) is 0.878. The number of nitrogens with zero attached hydrogens (tertiary/aromatic N) is 4. The van der Waals surface area contributed by atoms with Crippen LogP contribution in [0.5, 0.6) is 0 Å². The third kappa shape index (κ3) is 7.89. The predicted octanol–water partition coefficient (Wildman–Crippen LogP) is 3.55. The molecule has 0 aliphatic carbocycles. The van der Waals surface area contributed by atoms with Crippen LogP contribution in [0, 0.1) is 11.3 Å². The van der Waals surface area contributed by atoms with E-state index in [9.17, 15) is 9.59 Å². The molecule has 1 fully saturated rings. The van der Waals surface area contributed by atoms with Crippen molar-refractivity contribution in [2.45, 2.75) is 32.2 Å². The first kappa shape index (κ1) is 27.4. The number of nitrogens with one attached hydrogen (secondary N) is 1. The van der Waals surface area contributed by atoms with Crippen LogP contribution in [0.1, 0.15) is 36.5 Å². The molecule has 2 amide bonds. The van der Waals surface area contributed by atoms with Gasteiger partial charge in [-0.05, 0) is 54.8 Å². The van der Waals surface area contributed by atoms with E-state index in [0.29, 0.717) is 43.4 Å². The fourth-order valence-corrected chi connectivity index (χ4v) is 3.99. The zero-order chi connectivity index (χ0) is 26.8. The molecule has 37 heavy (non-hydrogen) atoms. The van der Waals surface area contributed by atoms with Gasteiger partial charge in [0, 0.05) is 19.6 Å². The Hall–Kier alpha value is -4.22. The number of nitrogens with two attached hydrogens (primary N) is 1. The van der Waals surface area contributed by atoms with E-state index in [0.717, 1.165) is 11.3 Å². The predicted molar refractivity (Wildman–Crippen MR) is 146 cm³/mol. The van der Waals surface area contributed by atoms with Gasteiger partial charge in [0.2, 0.25) is 11.8 Å². The Labute approximate surface area is 218 Å². The molecular weight excluding hydrogens is 464 g/mol. The highest BCUT2D eigenvalue weighted by atomic mass is 16.2. The molecule has 0 bridgehead atoms. The molecule has 4 rings (SSSR count). The van der Waals surface area contributed by atoms with Crippen LogP contribution in [-0.4, -0.2) is 54.4 Å². The van der Waals surface area contributed by atoms with E-state index in [2.05, 4.69) is 30.2 Å². The standard InChI is InChI=1S/C19H22N4O2.C10H12N2/c1-14-12-22(2)19(25)13-23(14)16-8-9-17(20-11-16)21-18(24)10-15-6-4-3-5-7-15;1-8(6-11)10-4-2-9(7-12)3-5-10/h3-9,11,14H,10,12-13H2,1-2H3,(H,20,21,24);2-5,8H,6,11H2,1H3. The van der Waals surface area contributed by atoms with Crippen LogP contribution in [-0.2, 0) is 16.0 Å². The summed E-state index contributed by atoms with van der Waals surface area (Å²) >= 11 is 0. The fourth-order valence-electron chi connectivity index (χ4n) is 3.99. The number of hydrogen-bond donors (Lipinski definition) is 2. The molecule has 0 spiro atoms. The number of aromatic nitrogens is 1. The van der Waals surface area contributed by atoms with E-state index in [4.69, 9.17) is 11.0 Å². The number of carbonyl (C=O) groups excluding carboxylic acids is 2. The van der Waals surface area contributed by atoms with Gasteiger partial charge in [-0.2, -0.15) is 5.26 Å². The van der Waals surface area contributed by atoms with Crippen LogP contribution in [0.15, 0.2) is 72.9 Å². The smallest absolute Gasteiger partial charge is 0.241 e. The molecule has 1 aliphatic rings. The van der Waals surface area contributed by atoms with Crippen LogP contribution < -0.4 is 16.0 Å². The first-order valence-corrected chi connectivity index (χ1v) is 12.3. The molecule has 0 radical (unpaired) electrons. The molecule has 3 aromatic rings. The number of hydrogen-bond acceptors (Lipinski definition) is 6. The third-order valence-corrected chi connectivity index (χ3v) is 6.32. The quantitative estimate of drug-likeness (QED) is 0.537. The van der Waals surface area contributed by atoms with Crippen molar-refractivity contribution in [2.75, 3.05) is 36.9 Å². The topological polar surface area (TPSA) is 115 Å². The van der Waals surface area contributed by atoms with Crippen molar-refractivity contribution in [3.63, 3.8) is 0 Å². The Balaban J connectivity index is 0.000000266. The van der Waals surface area contributed by atoms with Crippen LogP contribution in [0.25, 0.3) is 0 Å². The highest BCUT2D eigenvalue weighted by Crippen LogP contribution is 2.21. The summed E-state index contributed by atoms with van der Waals surface area (Å²) < 4.78 is 0. The number of anilines is 2. The lowest BCUT2D eigenvalue weighted by atomic mass is 10.0. The van der Waals surface area contributed by atoms with Gasteiger partial charge in [-0.25, -0.2) is 4.98 Å². The van der Waals surface area contributed by atoms with E-state index in [1.165, 1.54) is 5.56 Å². The van der Waals surface area contributed by atoms with Gasteiger partial charge in [0.15, 0.2) is 0 Å². The second kappa shape index (κ2) is 13.2. The molecular formula is C29H34N6O2. The van der Waals surface area contributed by atoms with Gasteiger partial charge in [0.05, 0.1) is 36.5 Å². The highest BCUT2D eigenvalue weighted by molar-refractivity contribution is 5.91. The lowest BCUT2D eigenvalue weighted by Gasteiger charge is -2.39. The number of piperazine rings is 1. The Morgan fingerprint density at radius 1 is 1.16 bits per heavy atom. The molecule has 0 saturated carbocycles. The summed E-state index contributed by atoms with van der Waals surface area (Å²) in [6.45, 7) is 5.83. The molecule has 2 heterocycles. The number of carbonyl (C=O) groups is 2. The highest BCUT2D eigenvalue weighted by Gasteiger charge is 2.27. The zero-order valence-corrected chi connectivity index (χ0v) is 21.6. The van der Waals surface area contributed by atoms with Gasteiger partial charge >= 0.3 is 0 Å². The minimum Gasteiger partial charge on any atom is -0.356 e. The van der Waals surface area contributed by atoms with Crippen LogP contribution >= 0.6 is 0 Å². The summed E-state index contributed by atoms with van der Waals surface area (Å²) in [7, 11) is 1.82. The van der Waals surface area contributed by atoms with Crippen molar-refractivity contribution in [1.82, 2.24) is 9.88 Å². The summed E-state index contributed by atoms with van der Waals surface area (Å²) in [4.78, 5) is 32.1. The lowest BCUT2D eigenvalue weighted by molar-refractivity contribution is -0.130. The van der Waals surface area contributed by atoms with E-state index < -0.39 is 0 Å². The van der Waals surface area contributed by atoms with Gasteiger partial charge in [-0.1, -0.05) is 49.4 Å². The molecule has 2 atom stereocenters. The molecule has 192 valence electrons. The Morgan fingerprint density at radius 3 is 2.46 bits per heavy atom. The minimum atomic E-state index is -0.102. The maximum absolute atomic E-state index is 12.1. The number of nitriles is 1. The number of rotatable bonds is 6. The van der Waals surface area contributed by atoms with Gasteiger partial charge in [-0.15, -0.1) is 0 Å². The Morgan fingerprint density at radius 2 is 1.86 bits per heavy atom. The molecule has 3 N–H and O–H groups in total. The normalized spacial score (nSPS) is 15.8. The maximum Gasteiger partial charge on any atom is 0.241 e. The van der Waals surface area contributed by atoms with E-state index in [1.807, 2.05) is 72.6 Å².